The average Bonchev–Trinajstić information content (AvgIpc) is 3.30. The Morgan fingerprint density at radius 2 is 2.00 bits per heavy atom. The molecule has 5 N–H and O–H groups in total. The number of pyridine rings is 1. The number of benzene rings is 1. The molecule has 9 nitrogen and oxygen atoms in total. The van der Waals surface area contributed by atoms with Crippen molar-refractivity contribution in [1.29, 1.82) is 5.41 Å². The molecule has 1 aliphatic rings. The molecule has 214 valence electrons. The van der Waals surface area contributed by atoms with Gasteiger partial charge >= 0.3 is 0 Å². The van der Waals surface area contributed by atoms with Crippen LogP contribution < -0.4 is 11.1 Å². The second-order valence-corrected chi connectivity index (χ2v) is 12.7. The topological polar surface area (TPSA) is 147 Å². The van der Waals surface area contributed by atoms with E-state index in [4.69, 9.17) is 15.9 Å². The van der Waals surface area contributed by atoms with Gasteiger partial charge in [0.2, 0.25) is 5.95 Å². The highest BCUT2D eigenvalue weighted by atomic mass is 32.2. The summed E-state index contributed by atoms with van der Waals surface area (Å²) in [6, 6.07) is 4.06. The number of H-pyrrole nitrogens is 1. The van der Waals surface area contributed by atoms with E-state index in [9.17, 15) is 17.2 Å². The zero-order chi connectivity index (χ0) is 29.0. The highest BCUT2D eigenvalue weighted by Gasteiger charge is 2.36. The van der Waals surface area contributed by atoms with Crippen molar-refractivity contribution in [2.45, 2.75) is 44.8 Å². The van der Waals surface area contributed by atoms with Gasteiger partial charge in [-0.15, -0.1) is 0 Å². The number of hydrogen-bond donors (Lipinski definition) is 4. The molecule has 0 bridgehead atoms. The third-order valence-electron chi connectivity index (χ3n) is 6.99. The van der Waals surface area contributed by atoms with E-state index >= 15 is 0 Å². The predicted molar refractivity (Wildman–Crippen MR) is 152 cm³/mol. The Morgan fingerprint density at radius 3 is 2.67 bits per heavy atom. The molecule has 0 amide bonds. The average molecular weight is 573 g/mol. The number of sulfone groups is 1. The van der Waals surface area contributed by atoms with Crippen LogP contribution in [-0.4, -0.2) is 59.8 Å². The molecule has 0 aliphatic heterocycles. The Kier molecular flexibility index (Phi) is 9.12. The monoisotopic (exact) mass is 572 g/mol. The summed E-state index contributed by atoms with van der Waals surface area (Å²) in [7, 11) is -3.11. The molecule has 0 saturated heterocycles. The lowest BCUT2D eigenvalue weighted by Crippen LogP contribution is -2.47. The first kappa shape index (κ1) is 29.5. The Labute approximate surface area is 232 Å². The Balaban J connectivity index is 1.42. The van der Waals surface area contributed by atoms with Crippen molar-refractivity contribution in [3.63, 3.8) is 0 Å². The third-order valence-corrected chi connectivity index (χ3v) is 7.90. The summed E-state index contributed by atoms with van der Waals surface area (Å²) in [5.41, 5.74) is 8.55. The largest absolute Gasteiger partial charge is 0.375 e. The number of aryl methyl sites for hydroxylation is 1. The van der Waals surface area contributed by atoms with Gasteiger partial charge in [0.15, 0.2) is 0 Å². The van der Waals surface area contributed by atoms with Crippen LogP contribution in [0.15, 0.2) is 42.9 Å². The number of nitrogens with two attached hydrogens (primary N) is 1. The minimum absolute atomic E-state index is 0.0357. The zero-order valence-corrected chi connectivity index (χ0v) is 23.4. The Morgan fingerprint density at radius 1 is 1.27 bits per heavy atom. The van der Waals surface area contributed by atoms with Crippen LogP contribution in [0, 0.1) is 29.9 Å². The maximum atomic E-state index is 14.2. The Hall–Kier alpha value is -3.48. The fraction of sp³-hybridized carbons (Fsp3) is 0.393. The first-order valence-corrected chi connectivity index (χ1v) is 15.0. The number of aromatic nitrogens is 3. The van der Waals surface area contributed by atoms with Gasteiger partial charge in [-0.05, 0) is 73.1 Å². The molecule has 3 aromatic rings. The second kappa shape index (κ2) is 12.4. The van der Waals surface area contributed by atoms with Crippen molar-refractivity contribution >= 4 is 33.3 Å². The van der Waals surface area contributed by atoms with Crippen molar-refractivity contribution in [3.8, 4) is 0 Å². The van der Waals surface area contributed by atoms with Crippen molar-refractivity contribution in [2.24, 2.45) is 11.7 Å². The number of hydrogen-bond acceptors (Lipinski definition) is 8. The smallest absolute Gasteiger partial charge is 0.205 e. The molecule has 1 saturated carbocycles. The van der Waals surface area contributed by atoms with Crippen LogP contribution in [0.3, 0.4) is 0 Å². The van der Waals surface area contributed by atoms with E-state index in [-0.39, 0.29) is 47.6 Å². The van der Waals surface area contributed by atoms with Crippen LogP contribution >= 0.6 is 0 Å². The molecular formula is C28H34F2N6O3S. The number of halogens is 2. The fourth-order valence-corrected chi connectivity index (χ4v) is 5.53. The number of ether oxygens (including phenoxy) is 1. The van der Waals surface area contributed by atoms with E-state index in [1.807, 2.05) is 6.07 Å². The molecule has 12 heteroatoms. The number of anilines is 2. The lowest BCUT2D eigenvalue weighted by molar-refractivity contribution is -0.0152. The van der Waals surface area contributed by atoms with Crippen LogP contribution in [0.25, 0.3) is 6.08 Å². The summed E-state index contributed by atoms with van der Waals surface area (Å²) in [5, 5.41) is 11.3. The predicted octanol–water partition coefficient (Wildman–Crippen LogP) is 4.49. The molecular weight excluding hydrogens is 538 g/mol. The molecule has 4 rings (SSSR count). The van der Waals surface area contributed by atoms with Crippen LogP contribution in [-0.2, 0) is 14.6 Å². The summed E-state index contributed by atoms with van der Waals surface area (Å²) in [4.78, 5) is 11.7. The van der Waals surface area contributed by atoms with Gasteiger partial charge in [0, 0.05) is 18.5 Å². The van der Waals surface area contributed by atoms with E-state index in [1.54, 1.807) is 25.5 Å². The summed E-state index contributed by atoms with van der Waals surface area (Å²) in [5.74, 6) is -0.930. The van der Waals surface area contributed by atoms with E-state index in [0.29, 0.717) is 23.6 Å². The first-order chi connectivity index (χ1) is 18.9. The van der Waals surface area contributed by atoms with Gasteiger partial charge in [-0.1, -0.05) is 6.92 Å². The molecule has 0 spiro atoms. The second-order valence-electron chi connectivity index (χ2n) is 10.4. The number of imidazole rings is 1. The van der Waals surface area contributed by atoms with E-state index < -0.39 is 21.5 Å². The number of nitrogens with zero attached hydrogens (tertiary/aromatic N) is 2. The first-order valence-electron chi connectivity index (χ1n) is 12.9. The highest BCUT2D eigenvalue weighted by molar-refractivity contribution is 7.90. The van der Waals surface area contributed by atoms with Gasteiger partial charge < -0.3 is 26.2 Å². The van der Waals surface area contributed by atoms with Gasteiger partial charge in [0.05, 0.1) is 53.5 Å². The van der Waals surface area contributed by atoms with Gasteiger partial charge in [0.1, 0.15) is 21.5 Å². The fourth-order valence-electron chi connectivity index (χ4n) is 5.13. The summed E-state index contributed by atoms with van der Waals surface area (Å²) < 4.78 is 57.2. The maximum Gasteiger partial charge on any atom is 0.205 e. The minimum atomic E-state index is -3.11. The van der Waals surface area contributed by atoms with E-state index in [2.05, 4.69) is 27.2 Å². The van der Waals surface area contributed by atoms with Gasteiger partial charge in [-0.2, -0.15) is 0 Å². The van der Waals surface area contributed by atoms with Gasteiger partial charge in [-0.25, -0.2) is 22.2 Å². The standard InChI is InChI=1S/C28H34F2N6O3S/c1-16-10-21(29)26(22(30)11-16)23(31)5-4-19-14-34-28(35-19)36-25-15-33-7-6-20(25)18-12-17(2)27(24(32)13-18)39-8-9-40(3,37)38/h4-7,10-11,14-15,17-18,24,27,31H,8-9,12-13,32H2,1-3H3,(H2,34,35,36)/b5-4-,31-23?/t17-,18+,24+,27-/m0/s1. The maximum absolute atomic E-state index is 14.2. The zero-order valence-electron chi connectivity index (χ0n) is 22.6. The van der Waals surface area contributed by atoms with Crippen LogP contribution in [0.5, 0.6) is 0 Å². The number of nitrogens with one attached hydrogen (secondary N) is 3. The molecule has 2 heterocycles. The molecule has 4 atom stereocenters. The SMILES string of the molecule is Cc1cc(F)c(C(=N)/C=C\c2cnc(Nc3cnccc3[C@H]3C[C@@H](N)[C@@H](OCCS(C)(=O)=O)[C@@H](C)C3)[nH]2)c(F)c1. The molecule has 0 unspecified atom stereocenters. The Bertz CT molecular complexity index is 1470. The van der Waals surface area contributed by atoms with Crippen molar-refractivity contribution in [1.82, 2.24) is 15.0 Å². The van der Waals surface area contributed by atoms with Crippen molar-refractivity contribution in [2.75, 3.05) is 23.9 Å². The quantitative estimate of drug-likeness (QED) is 0.262. The highest BCUT2D eigenvalue weighted by Crippen LogP contribution is 2.40. The van der Waals surface area contributed by atoms with Gasteiger partial charge in [0.25, 0.3) is 0 Å². The summed E-state index contributed by atoms with van der Waals surface area (Å²) >= 11 is 0. The van der Waals surface area contributed by atoms with E-state index in [1.165, 1.54) is 30.5 Å². The lowest BCUT2D eigenvalue weighted by Gasteiger charge is -2.39. The molecule has 1 fully saturated rings. The van der Waals surface area contributed by atoms with Crippen molar-refractivity contribution in [3.05, 3.63) is 76.9 Å². The van der Waals surface area contributed by atoms with Crippen LogP contribution in [0.4, 0.5) is 20.4 Å². The molecule has 0 radical (unpaired) electrons. The van der Waals surface area contributed by atoms with Gasteiger partial charge in [-0.3, -0.25) is 4.98 Å². The summed E-state index contributed by atoms with van der Waals surface area (Å²) in [6.45, 7) is 3.77. The number of aromatic amines is 1. The van der Waals surface area contributed by atoms with Crippen LogP contribution in [0.2, 0.25) is 0 Å². The molecule has 1 aliphatic carbocycles. The van der Waals surface area contributed by atoms with Crippen LogP contribution in [0.1, 0.15) is 48.1 Å². The third kappa shape index (κ3) is 7.38. The molecule has 40 heavy (non-hydrogen) atoms. The molecule has 2 aromatic heterocycles. The van der Waals surface area contributed by atoms with E-state index in [0.717, 1.165) is 17.7 Å². The summed E-state index contributed by atoms with van der Waals surface area (Å²) in [6.07, 6.45) is 10.2. The lowest BCUT2D eigenvalue weighted by atomic mass is 9.74. The minimum Gasteiger partial charge on any atom is -0.375 e. The normalized spacial score (nSPS) is 21.6. The van der Waals surface area contributed by atoms with Crippen molar-refractivity contribution < 1.29 is 21.9 Å². The molecule has 1 aromatic carbocycles. The number of allylic oxidation sites excluding steroid dienone is 1. The number of rotatable bonds is 10.